The van der Waals surface area contributed by atoms with Crippen molar-refractivity contribution in [3.05, 3.63) is 18.3 Å². The number of nitrogen functional groups attached to an aromatic ring is 1. The molecule has 84 valence electrons. The Morgan fingerprint density at radius 1 is 1.40 bits per heavy atom. The molecule has 0 amide bonds. The first-order valence-electron chi connectivity index (χ1n) is 5.65. The van der Waals surface area contributed by atoms with E-state index in [2.05, 4.69) is 31.1 Å². The smallest absolute Gasteiger partial charge is 0.125 e. The van der Waals surface area contributed by atoms with Crippen LogP contribution in [0.2, 0.25) is 0 Å². The minimum Gasteiger partial charge on any atom is -0.384 e. The summed E-state index contributed by atoms with van der Waals surface area (Å²) < 4.78 is 0. The average molecular weight is 207 g/mol. The van der Waals surface area contributed by atoms with E-state index < -0.39 is 0 Å². The van der Waals surface area contributed by atoms with Gasteiger partial charge in [0.05, 0.1) is 0 Å². The van der Waals surface area contributed by atoms with Crippen molar-refractivity contribution in [3.63, 3.8) is 0 Å². The minimum atomic E-state index is 0.474. The van der Waals surface area contributed by atoms with E-state index in [9.17, 15) is 0 Å². The molecular weight excluding hydrogens is 186 g/mol. The number of hydrogen-bond acceptors (Lipinski definition) is 3. The Hall–Kier alpha value is -1.25. The molecule has 0 aliphatic rings. The molecule has 1 unspecified atom stereocenters. The fourth-order valence-electron chi connectivity index (χ4n) is 1.91. The summed E-state index contributed by atoms with van der Waals surface area (Å²) in [6.07, 6.45) is 4.13. The van der Waals surface area contributed by atoms with Crippen LogP contribution in [0.15, 0.2) is 18.3 Å². The van der Waals surface area contributed by atoms with Gasteiger partial charge in [-0.05, 0) is 18.9 Å². The molecule has 3 nitrogen and oxygen atoms in total. The standard InChI is InChI=1S/C12H21N3/c1-4-10(5-2)9(3)15-11-6-7-14-12(13)8-11/h6-10H,4-5H2,1-3H3,(H3,13,14,15). The Morgan fingerprint density at radius 3 is 2.60 bits per heavy atom. The van der Waals surface area contributed by atoms with Crippen molar-refractivity contribution in [1.29, 1.82) is 0 Å². The van der Waals surface area contributed by atoms with E-state index in [1.54, 1.807) is 6.20 Å². The Morgan fingerprint density at radius 2 is 2.07 bits per heavy atom. The van der Waals surface area contributed by atoms with Crippen molar-refractivity contribution in [3.8, 4) is 0 Å². The molecule has 0 radical (unpaired) electrons. The molecule has 15 heavy (non-hydrogen) atoms. The van der Waals surface area contributed by atoms with Crippen molar-refractivity contribution in [2.45, 2.75) is 39.7 Å². The molecule has 0 aliphatic carbocycles. The summed E-state index contributed by atoms with van der Waals surface area (Å²) in [6, 6.07) is 4.30. The first kappa shape index (κ1) is 11.8. The molecule has 3 N–H and O–H groups in total. The number of anilines is 2. The van der Waals surface area contributed by atoms with Gasteiger partial charge in [0.2, 0.25) is 0 Å². The molecule has 1 atom stereocenters. The molecule has 3 heteroatoms. The third kappa shape index (κ3) is 3.42. The summed E-state index contributed by atoms with van der Waals surface area (Å²) in [6.45, 7) is 6.68. The van der Waals surface area contributed by atoms with Crippen LogP contribution >= 0.6 is 0 Å². The Bertz CT molecular complexity index is 295. The average Bonchev–Trinajstić information content (AvgIpc) is 2.19. The van der Waals surface area contributed by atoms with Crippen LogP contribution in [0.4, 0.5) is 11.5 Å². The van der Waals surface area contributed by atoms with E-state index in [0.29, 0.717) is 17.8 Å². The zero-order valence-electron chi connectivity index (χ0n) is 9.83. The lowest BCUT2D eigenvalue weighted by molar-refractivity contribution is 0.438. The summed E-state index contributed by atoms with van der Waals surface area (Å²) in [5.41, 5.74) is 6.68. The van der Waals surface area contributed by atoms with E-state index in [1.165, 1.54) is 12.8 Å². The highest BCUT2D eigenvalue weighted by Crippen LogP contribution is 2.18. The van der Waals surface area contributed by atoms with Crippen molar-refractivity contribution in [2.75, 3.05) is 11.1 Å². The van der Waals surface area contributed by atoms with E-state index in [0.717, 1.165) is 5.69 Å². The topological polar surface area (TPSA) is 50.9 Å². The predicted molar refractivity (Wildman–Crippen MR) is 65.8 cm³/mol. The number of nitrogens with two attached hydrogens (primary N) is 1. The monoisotopic (exact) mass is 207 g/mol. The Labute approximate surface area is 92.1 Å². The fourth-order valence-corrected chi connectivity index (χ4v) is 1.91. The maximum absolute atomic E-state index is 5.62. The van der Waals surface area contributed by atoms with Gasteiger partial charge < -0.3 is 11.1 Å². The van der Waals surface area contributed by atoms with Crippen LogP contribution < -0.4 is 11.1 Å². The van der Waals surface area contributed by atoms with Gasteiger partial charge in [-0.15, -0.1) is 0 Å². The van der Waals surface area contributed by atoms with Gasteiger partial charge in [0, 0.05) is 24.0 Å². The van der Waals surface area contributed by atoms with E-state index in [4.69, 9.17) is 5.73 Å². The van der Waals surface area contributed by atoms with Gasteiger partial charge in [-0.25, -0.2) is 4.98 Å². The molecule has 1 aromatic rings. The maximum atomic E-state index is 5.62. The first-order chi connectivity index (χ1) is 7.17. The number of aromatic nitrogens is 1. The SMILES string of the molecule is CCC(CC)C(C)Nc1ccnc(N)c1. The van der Waals surface area contributed by atoms with Crippen molar-refractivity contribution in [1.82, 2.24) is 4.98 Å². The van der Waals surface area contributed by atoms with E-state index >= 15 is 0 Å². The summed E-state index contributed by atoms with van der Waals surface area (Å²) in [5.74, 6) is 1.27. The highest BCUT2D eigenvalue weighted by atomic mass is 14.9. The second-order valence-electron chi connectivity index (χ2n) is 3.98. The lowest BCUT2D eigenvalue weighted by Gasteiger charge is -2.23. The number of hydrogen-bond donors (Lipinski definition) is 2. The number of rotatable bonds is 5. The van der Waals surface area contributed by atoms with Gasteiger partial charge in [-0.2, -0.15) is 0 Å². The van der Waals surface area contributed by atoms with Crippen molar-refractivity contribution >= 4 is 11.5 Å². The third-order valence-electron chi connectivity index (χ3n) is 2.93. The van der Waals surface area contributed by atoms with Crippen LogP contribution in [0.3, 0.4) is 0 Å². The lowest BCUT2D eigenvalue weighted by atomic mass is 9.95. The summed E-state index contributed by atoms with van der Waals surface area (Å²) in [7, 11) is 0. The molecule has 0 aliphatic heterocycles. The van der Waals surface area contributed by atoms with Crippen LogP contribution in [0.25, 0.3) is 0 Å². The predicted octanol–water partition coefficient (Wildman–Crippen LogP) is 2.90. The first-order valence-corrected chi connectivity index (χ1v) is 5.65. The van der Waals surface area contributed by atoms with E-state index in [-0.39, 0.29) is 0 Å². The number of pyridine rings is 1. The maximum Gasteiger partial charge on any atom is 0.125 e. The fraction of sp³-hybridized carbons (Fsp3) is 0.583. The minimum absolute atomic E-state index is 0.474. The second-order valence-corrected chi connectivity index (χ2v) is 3.98. The molecule has 1 aromatic heterocycles. The van der Waals surface area contributed by atoms with Crippen LogP contribution in [-0.4, -0.2) is 11.0 Å². The lowest BCUT2D eigenvalue weighted by Crippen LogP contribution is -2.25. The van der Waals surface area contributed by atoms with Gasteiger partial charge >= 0.3 is 0 Å². The van der Waals surface area contributed by atoms with Gasteiger partial charge in [0.15, 0.2) is 0 Å². The zero-order valence-corrected chi connectivity index (χ0v) is 9.83. The quantitative estimate of drug-likeness (QED) is 0.780. The second kappa shape index (κ2) is 5.59. The summed E-state index contributed by atoms with van der Waals surface area (Å²) in [5, 5.41) is 3.46. The van der Waals surface area contributed by atoms with Gasteiger partial charge in [0.25, 0.3) is 0 Å². The normalized spacial score (nSPS) is 12.8. The molecule has 0 saturated carbocycles. The Kier molecular flexibility index (Phi) is 4.40. The van der Waals surface area contributed by atoms with Crippen LogP contribution in [-0.2, 0) is 0 Å². The van der Waals surface area contributed by atoms with E-state index in [1.807, 2.05) is 12.1 Å². The van der Waals surface area contributed by atoms with Gasteiger partial charge in [-0.1, -0.05) is 26.7 Å². The van der Waals surface area contributed by atoms with Crippen LogP contribution in [0, 0.1) is 5.92 Å². The molecule has 1 rings (SSSR count). The summed E-state index contributed by atoms with van der Waals surface area (Å²) in [4.78, 5) is 3.97. The third-order valence-corrected chi connectivity index (χ3v) is 2.93. The molecule has 0 aromatic carbocycles. The molecule has 0 bridgehead atoms. The summed E-state index contributed by atoms with van der Waals surface area (Å²) >= 11 is 0. The molecular formula is C12H21N3. The van der Waals surface area contributed by atoms with Crippen molar-refractivity contribution < 1.29 is 0 Å². The van der Waals surface area contributed by atoms with Crippen molar-refractivity contribution in [2.24, 2.45) is 5.92 Å². The highest BCUT2D eigenvalue weighted by molar-refractivity contribution is 5.50. The van der Waals surface area contributed by atoms with Crippen LogP contribution in [0.1, 0.15) is 33.6 Å². The van der Waals surface area contributed by atoms with Gasteiger partial charge in [-0.3, -0.25) is 0 Å². The number of nitrogens with one attached hydrogen (secondary N) is 1. The molecule has 0 fully saturated rings. The number of nitrogens with zero attached hydrogens (tertiary/aromatic N) is 1. The Balaban J connectivity index is 2.61. The highest BCUT2D eigenvalue weighted by Gasteiger charge is 2.12. The molecule has 1 heterocycles. The molecule has 0 spiro atoms. The largest absolute Gasteiger partial charge is 0.384 e. The molecule has 0 saturated heterocycles. The van der Waals surface area contributed by atoms with Gasteiger partial charge in [0.1, 0.15) is 5.82 Å². The van der Waals surface area contributed by atoms with Crippen LogP contribution in [0.5, 0.6) is 0 Å². The zero-order chi connectivity index (χ0) is 11.3.